The molecule has 0 aliphatic heterocycles. The first-order valence-electron chi connectivity index (χ1n) is 7.71. The molecule has 1 amide bonds. The van der Waals surface area contributed by atoms with Crippen molar-refractivity contribution < 1.29 is 14.3 Å². The highest BCUT2D eigenvalue weighted by Gasteiger charge is 2.19. The lowest BCUT2D eigenvalue weighted by molar-refractivity contribution is 0.0967. The van der Waals surface area contributed by atoms with Gasteiger partial charge in [-0.1, -0.05) is 18.2 Å². The Morgan fingerprint density at radius 1 is 1.00 bits per heavy atom. The third kappa shape index (κ3) is 2.91. The summed E-state index contributed by atoms with van der Waals surface area (Å²) in [5.41, 5.74) is 3.45. The van der Waals surface area contributed by atoms with Crippen LogP contribution >= 0.6 is 0 Å². The number of rotatable bonds is 3. The monoisotopic (exact) mass is 321 g/mol. The SMILES string of the molecule is Cc1cc(-c2ccc(C(=O)N(C)c3ccccc3C)o2)ccc1O. The van der Waals surface area contributed by atoms with Crippen molar-refractivity contribution >= 4 is 11.6 Å². The van der Waals surface area contributed by atoms with Gasteiger partial charge in [0.15, 0.2) is 5.76 Å². The van der Waals surface area contributed by atoms with Gasteiger partial charge in [-0.2, -0.15) is 0 Å². The molecule has 0 atom stereocenters. The van der Waals surface area contributed by atoms with Crippen molar-refractivity contribution in [2.45, 2.75) is 13.8 Å². The summed E-state index contributed by atoms with van der Waals surface area (Å²) in [6, 6.07) is 16.4. The Balaban J connectivity index is 1.88. The molecule has 0 unspecified atom stereocenters. The minimum Gasteiger partial charge on any atom is -0.508 e. The molecule has 0 saturated heterocycles. The van der Waals surface area contributed by atoms with Crippen molar-refractivity contribution in [1.82, 2.24) is 0 Å². The molecule has 4 nitrogen and oxygen atoms in total. The van der Waals surface area contributed by atoms with E-state index in [2.05, 4.69) is 0 Å². The number of carbonyl (C=O) groups is 1. The summed E-state index contributed by atoms with van der Waals surface area (Å²) in [4.78, 5) is 14.2. The van der Waals surface area contributed by atoms with Gasteiger partial charge in [0.05, 0.1) is 0 Å². The predicted molar refractivity (Wildman–Crippen MR) is 94.5 cm³/mol. The Morgan fingerprint density at radius 3 is 2.46 bits per heavy atom. The van der Waals surface area contributed by atoms with Crippen molar-refractivity contribution in [2.24, 2.45) is 0 Å². The van der Waals surface area contributed by atoms with Crippen LogP contribution in [0.1, 0.15) is 21.7 Å². The number of nitrogens with zero attached hydrogens (tertiary/aromatic N) is 1. The largest absolute Gasteiger partial charge is 0.508 e. The van der Waals surface area contributed by atoms with Gasteiger partial charge in [0.25, 0.3) is 5.91 Å². The van der Waals surface area contributed by atoms with Crippen LogP contribution in [0.3, 0.4) is 0 Å². The highest BCUT2D eigenvalue weighted by Crippen LogP contribution is 2.28. The van der Waals surface area contributed by atoms with Gasteiger partial charge in [-0.25, -0.2) is 0 Å². The van der Waals surface area contributed by atoms with Gasteiger partial charge >= 0.3 is 0 Å². The number of aryl methyl sites for hydroxylation is 2. The molecule has 0 radical (unpaired) electrons. The van der Waals surface area contributed by atoms with E-state index in [1.807, 2.05) is 44.2 Å². The molecule has 1 aromatic heterocycles. The van der Waals surface area contributed by atoms with Crippen LogP contribution in [-0.2, 0) is 0 Å². The van der Waals surface area contributed by atoms with Gasteiger partial charge in [-0.05, 0) is 61.4 Å². The minimum atomic E-state index is -0.203. The maximum Gasteiger partial charge on any atom is 0.293 e. The highest BCUT2D eigenvalue weighted by molar-refractivity contribution is 6.04. The third-order valence-corrected chi connectivity index (χ3v) is 4.08. The fraction of sp³-hybridized carbons (Fsp3) is 0.150. The summed E-state index contributed by atoms with van der Waals surface area (Å²) in [5.74, 6) is 0.910. The Labute approximate surface area is 141 Å². The fourth-order valence-electron chi connectivity index (χ4n) is 2.63. The molecule has 2 aromatic carbocycles. The molecule has 1 heterocycles. The van der Waals surface area contributed by atoms with Crippen molar-refractivity contribution in [3.05, 3.63) is 71.5 Å². The second-order valence-electron chi connectivity index (χ2n) is 5.82. The van der Waals surface area contributed by atoms with Gasteiger partial charge in [0.2, 0.25) is 0 Å². The first-order chi connectivity index (χ1) is 11.5. The van der Waals surface area contributed by atoms with Crippen LogP contribution in [0.4, 0.5) is 5.69 Å². The molecule has 24 heavy (non-hydrogen) atoms. The second-order valence-corrected chi connectivity index (χ2v) is 5.82. The van der Waals surface area contributed by atoms with Crippen LogP contribution < -0.4 is 4.90 Å². The van der Waals surface area contributed by atoms with E-state index in [0.717, 1.165) is 22.4 Å². The molecule has 1 N–H and O–H groups in total. The predicted octanol–water partition coefficient (Wildman–Crippen LogP) is 4.55. The lowest BCUT2D eigenvalue weighted by atomic mass is 10.1. The number of phenols is 1. The molecule has 0 spiro atoms. The van der Waals surface area contributed by atoms with E-state index in [1.165, 1.54) is 0 Å². The average molecular weight is 321 g/mol. The quantitative estimate of drug-likeness (QED) is 0.770. The second kappa shape index (κ2) is 6.24. The molecular formula is C20H19NO3. The molecule has 0 aliphatic rings. The van der Waals surface area contributed by atoms with Gasteiger partial charge in [-0.15, -0.1) is 0 Å². The molecule has 3 rings (SSSR count). The van der Waals surface area contributed by atoms with Crippen LogP contribution in [0, 0.1) is 13.8 Å². The first kappa shape index (κ1) is 15.9. The van der Waals surface area contributed by atoms with Crippen molar-refractivity contribution in [1.29, 1.82) is 0 Å². The van der Waals surface area contributed by atoms with Crippen LogP contribution in [0.2, 0.25) is 0 Å². The number of aromatic hydroxyl groups is 1. The van der Waals surface area contributed by atoms with E-state index in [-0.39, 0.29) is 17.4 Å². The van der Waals surface area contributed by atoms with E-state index in [1.54, 1.807) is 36.2 Å². The standard InChI is InChI=1S/C20H19NO3/c1-13-6-4-5-7-16(13)21(3)20(23)19-11-10-18(24-19)15-8-9-17(22)14(2)12-15/h4-12,22H,1-3H3. The highest BCUT2D eigenvalue weighted by atomic mass is 16.4. The Kier molecular flexibility index (Phi) is 4.13. The fourth-order valence-corrected chi connectivity index (χ4v) is 2.63. The number of carbonyl (C=O) groups excluding carboxylic acids is 1. The number of para-hydroxylation sites is 1. The zero-order chi connectivity index (χ0) is 17.3. The van der Waals surface area contributed by atoms with Crippen LogP contribution in [-0.4, -0.2) is 18.1 Å². The number of phenolic OH excluding ortho intramolecular Hbond substituents is 1. The van der Waals surface area contributed by atoms with E-state index >= 15 is 0 Å². The average Bonchev–Trinajstić information content (AvgIpc) is 3.06. The van der Waals surface area contributed by atoms with Crippen LogP contribution in [0.25, 0.3) is 11.3 Å². The molecule has 3 aromatic rings. The van der Waals surface area contributed by atoms with E-state index in [0.29, 0.717) is 5.76 Å². The summed E-state index contributed by atoms with van der Waals surface area (Å²) in [6.07, 6.45) is 0. The van der Waals surface area contributed by atoms with Gasteiger partial charge < -0.3 is 14.4 Å². The molecule has 0 bridgehead atoms. The van der Waals surface area contributed by atoms with Crippen molar-refractivity contribution in [2.75, 3.05) is 11.9 Å². The van der Waals surface area contributed by atoms with Gasteiger partial charge in [0, 0.05) is 18.3 Å². The molecule has 122 valence electrons. The summed E-state index contributed by atoms with van der Waals surface area (Å²) in [7, 11) is 1.73. The lowest BCUT2D eigenvalue weighted by Gasteiger charge is -2.18. The van der Waals surface area contributed by atoms with Gasteiger partial charge in [-0.3, -0.25) is 4.79 Å². The summed E-state index contributed by atoms with van der Waals surface area (Å²) < 4.78 is 5.74. The Morgan fingerprint density at radius 2 is 1.75 bits per heavy atom. The molecule has 4 heteroatoms. The lowest BCUT2D eigenvalue weighted by Crippen LogP contribution is -2.26. The first-order valence-corrected chi connectivity index (χ1v) is 7.71. The zero-order valence-corrected chi connectivity index (χ0v) is 13.9. The summed E-state index contributed by atoms with van der Waals surface area (Å²) in [6.45, 7) is 3.78. The normalized spacial score (nSPS) is 10.6. The number of amides is 1. The maximum absolute atomic E-state index is 12.7. The number of hydrogen-bond donors (Lipinski definition) is 1. The smallest absolute Gasteiger partial charge is 0.293 e. The van der Waals surface area contributed by atoms with Gasteiger partial charge in [0.1, 0.15) is 11.5 Å². The molecule has 0 fully saturated rings. The molecular weight excluding hydrogens is 302 g/mol. The summed E-state index contributed by atoms with van der Waals surface area (Å²) >= 11 is 0. The molecule has 0 saturated carbocycles. The zero-order valence-electron chi connectivity index (χ0n) is 13.9. The van der Waals surface area contributed by atoms with E-state index in [9.17, 15) is 9.90 Å². The number of benzene rings is 2. The Bertz CT molecular complexity index is 895. The Hall–Kier alpha value is -3.01. The van der Waals surface area contributed by atoms with Crippen molar-refractivity contribution in [3.63, 3.8) is 0 Å². The van der Waals surface area contributed by atoms with E-state index < -0.39 is 0 Å². The third-order valence-electron chi connectivity index (χ3n) is 4.08. The van der Waals surface area contributed by atoms with Crippen molar-refractivity contribution in [3.8, 4) is 17.1 Å². The number of anilines is 1. The van der Waals surface area contributed by atoms with Crippen LogP contribution in [0.15, 0.2) is 59.0 Å². The number of furan rings is 1. The minimum absolute atomic E-state index is 0.203. The molecule has 0 aliphatic carbocycles. The van der Waals surface area contributed by atoms with Crippen LogP contribution in [0.5, 0.6) is 5.75 Å². The maximum atomic E-state index is 12.7. The topological polar surface area (TPSA) is 53.7 Å². The van der Waals surface area contributed by atoms with E-state index in [4.69, 9.17) is 4.42 Å². The summed E-state index contributed by atoms with van der Waals surface area (Å²) in [5, 5.41) is 9.62. The number of hydrogen-bond acceptors (Lipinski definition) is 3.